The molecule has 0 aliphatic carbocycles. The lowest BCUT2D eigenvalue weighted by Gasteiger charge is -2.16. The molecule has 0 saturated carbocycles. The minimum atomic E-state index is -1.16. The molecule has 0 aliphatic heterocycles. The van der Waals surface area contributed by atoms with E-state index in [4.69, 9.17) is 23.1 Å². The molecule has 1 aromatic carbocycles. The minimum Gasteiger partial charge on any atom is -0.464 e. The molecule has 5 heteroatoms. The summed E-state index contributed by atoms with van der Waals surface area (Å²) in [6.45, 7) is 0. The highest BCUT2D eigenvalue weighted by atomic mass is 35.5. The van der Waals surface area contributed by atoms with Crippen LogP contribution in [0, 0.1) is 12.3 Å². The summed E-state index contributed by atoms with van der Waals surface area (Å²) in [7, 11) is 0. The van der Waals surface area contributed by atoms with Crippen molar-refractivity contribution in [2.75, 3.05) is 0 Å². The topological polar surface area (TPSA) is 61.4 Å². The monoisotopic (exact) mass is 238 g/mol. The number of hydrogen-bond acceptors (Lipinski definition) is 2. The third kappa shape index (κ3) is 3.81. The van der Waals surface area contributed by atoms with E-state index in [9.17, 15) is 4.79 Å². The van der Waals surface area contributed by atoms with Crippen molar-refractivity contribution in [3.8, 4) is 12.3 Å². The summed E-state index contributed by atoms with van der Waals surface area (Å²) in [6, 6.07) is 6.77. The third-order valence-electron chi connectivity index (χ3n) is 1.95. The van der Waals surface area contributed by atoms with Gasteiger partial charge in [0.05, 0.1) is 6.04 Å². The molecule has 1 unspecified atom stereocenters. The van der Waals surface area contributed by atoms with Crippen LogP contribution in [0.15, 0.2) is 24.3 Å². The van der Waals surface area contributed by atoms with Gasteiger partial charge in [-0.3, -0.25) is 5.43 Å². The number of carbonyl (C=O) groups is 1. The molecule has 84 valence electrons. The standard InChI is InChI=1S/C11H11ClN2O2/c1-2-3-10(13-14-11(15)16)8-4-6-9(12)7-5-8/h1,4-7,10,13-14H,3H2,(H,15,16). The molecule has 0 aliphatic rings. The van der Waals surface area contributed by atoms with Gasteiger partial charge in [0.2, 0.25) is 0 Å². The molecule has 3 N–H and O–H groups in total. The van der Waals surface area contributed by atoms with Crippen LogP contribution in [-0.2, 0) is 0 Å². The van der Waals surface area contributed by atoms with Crippen LogP contribution < -0.4 is 10.9 Å². The lowest BCUT2D eigenvalue weighted by atomic mass is 10.1. The normalized spacial score (nSPS) is 11.5. The first kappa shape index (κ1) is 12.4. The molecule has 0 heterocycles. The van der Waals surface area contributed by atoms with Crippen LogP contribution in [0.1, 0.15) is 18.0 Å². The van der Waals surface area contributed by atoms with E-state index in [1.165, 1.54) is 0 Å². The van der Waals surface area contributed by atoms with Crippen molar-refractivity contribution in [2.24, 2.45) is 0 Å². The SMILES string of the molecule is C#CCC(NNC(=O)O)c1ccc(Cl)cc1. The van der Waals surface area contributed by atoms with Gasteiger partial charge in [-0.25, -0.2) is 10.2 Å². The predicted molar refractivity (Wildman–Crippen MR) is 61.9 cm³/mol. The van der Waals surface area contributed by atoms with Crippen LogP contribution >= 0.6 is 11.6 Å². The zero-order chi connectivity index (χ0) is 12.0. The van der Waals surface area contributed by atoms with E-state index < -0.39 is 6.09 Å². The largest absolute Gasteiger partial charge is 0.464 e. The van der Waals surface area contributed by atoms with Crippen LogP contribution in [0.4, 0.5) is 4.79 Å². The first-order valence-electron chi connectivity index (χ1n) is 4.57. The smallest absolute Gasteiger partial charge is 0.419 e. The Labute approximate surface area is 98.6 Å². The summed E-state index contributed by atoms with van der Waals surface area (Å²) in [5.41, 5.74) is 5.57. The van der Waals surface area contributed by atoms with E-state index in [0.29, 0.717) is 11.4 Å². The van der Waals surface area contributed by atoms with Crippen molar-refractivity contribution in [2.45, 2.75) is 12.5 Å². The number of hydrogen-bond donors (Lipinski definition) is 3. The quantitative estimate of drug-likeness (QED) is 0.557. The molecule has 1 rings (SSSR count). The van der Waals surface area contributed by atoms with Gasteiger partial charge in [-0.2, -0.15) is 0 Å². The Kier molecular flexibility index (Phi) is 4.65. The van der Waals surface area contributed by atoms with E-state index in [1.807, 2.05) is 0 Å². The predicted octanol–water partition coefficient (Wildman–Crippen LogP) is 2.18. The second-order valence-corrected chi connectivity index (χ2v) is 3.52. The maximum atomic E-state index is 10.3. The van der Waals surface area contributed by atoms with Crippen molar-refractivity contribution < 1.29 is 9.90 Å². The fourth-order valence-corrected chi connectivity index (χ4v) is 1.34. The molecule has 0 bridgehead atoms. The molecule has 0 aromatic heterocycles. The number of terminal acetylenes is 1. The van der Waals surface area contributed by atoms with Gasteiger partial charge >= 0.3 is 6.09 Å². The van der Waals surface area contributed by atoms with Crippen LogP contribution in [0.2, 0.25) is 5.02 Å². The molecule has 0 radical (unpaired) electrons. The Morgan fingerprint density at radius 3 is 2.62 bits per heavy atom. The molecule has 1 amide bonds. The number of nitrogens with one attached hydrogen (secondary N) is 2. The van der Waals surface area contributed by atoms with Crippen molar-refractivity contribution in [1.29, 1.82) is 0 Å². The highest BCUT2D eigenvalue weighted by Gasteiger charge is 2.10. The van der Waals surface area contributed by atoms with Gasteiger partial charge in [0.25, 0.3) is 0 Å². The second-order valence-electron chi connectivity index (χ2n) is 3.09. The summed E-state index contributed by atoms with van der Waals surface area (Å²) in [6.07, 6.45) is 4.43. The number of benzene rings is 1. The van der Waals surface area contributed by atoms with E-state index in [-0.39, 0.29) is 6.04 Å². The van der Waals surface area contributed by atoms with Crippen LogP contribution in [-0.4, -0.2) is 11.2 Å². The molecule has 0 spiro atoms. The maximum Gasteiger partial charge on any atom is 0.419 e. The zero-order valence-electron chi connectivity index (χ0n) is 8.40. The Bertz CT molecular complexity index is 397. The molecular weight excluding hydrogens is 228 g/mol. The highest BCUT2D eigenvalue weighted by molar-refractivity contribution is 6.30. The van der Waals surface area contributed by atoms with E-state index in [2.05, 4.69) is 16.8 Å². The first-order chi connectivity index (χ1) is 7.63. The van der Waals surface area contributed by atoms with Gasteiger partial charge in [0, 0.05) is 11.4 Å². The number of amides is 1. The number of rotatable bonds is 4. The minimum absolute atomic E-state index is 0.265. The molecule has 0 fully saturated rings. The van der Waals surface area contributed by atoms with Crippen LogP contribution in [0.25, 0.3) is 0 Å². The van der Waals surface area contributed by atoms with Crippen LogP contribution in [0.5, 0.6) is 0 Å². The summed E-state index contributed by atoms with van der Waals surface area (Å²) < 4.78 is 0. The molecule has 0 saturated heterocycles. The van der Waals surface area contributed by atoms with Gasteiger partial charge in [-0.05, 0) is 17.7 Å². The van der Waals surface area contributed by atoms with Crippen molar-refractivity contribution in [3.63, 3.8) is 0 Å². The molecule has 1 aromatic rings. The fourth-order valence-electron chi connectivity index (χ4n) is 1.21. The van der Waals surface area contributed by atoms with Gasteiger partial charge in [0.15, 0.2) is 0 Å². The number of carboxylic acid groups (broad SMARTS) is 1. The highest BCUT2D eigenvalue weighted by Crippen LogP contribution is 2.18. The van der Waals surface area contributed by atoms with Crippen molar-refractivity contribution >= 4 is 17.7 Å². The van der Waals surface area contributed by atoms with Crippen LogP contribution in [0.3, 0.4) is 0 Å². The summed E-state index contributed by atoms with van der Waals surface area (Å²) in [4.78, 5) is 10.3. The summed E-state index contributed by atoms with van der Waals surface area (Å²) in [5, 5.41) is 9.10. The molecular formula is C11H11ClN2O2. The molecule has 16 heavy (non-hydrogen) atoms. The Morgan fingerprint density at radius 2 is 2.12 bits per heavy atom. The maximum absolute atomic E-state index is 10.3. The second kappa shape index (κ2) is 6.01. The zero-order valence-corrected chi connectivity index (χ0v) is 9.16. The summed E-state index contributed by atoms with van der Waals surface area (Å²) in [5.74, 6) is 2.48. The first-order valence-corrected chi connectivity index (χ1v) is 4.94. The molecule has 4 nitrogen and oxygen atoms in total. The van der Waals surface area contributed by atoms with E-state index in [1.54, 1.807) is 24.3 Å². The average Bonchev–Trinajstić information content (AvgIpc) is 2.25. The van der Waals surface area contributed by atoms with Gasteiger partial charge in [0.1, 0.15) is 0 Å². The van der Waals surface area contributed by atoms with Crippen molar-refractivity contribution in [1.82, 2.24) is 10.9 Å². The Morgan fingerprint density at radius 1 is 1.50 bits per heavy atom. The Balaban J connectivity index is 2.73. The van der Waals surface area contributed by atoms with E-state index >= 15 is 0 Å². The fraction of sp³-hybridized carbons (Fsp3) is 0.182. The molecule has 1 atom stereocenters. The number of halogens is 1. The average molecular weight is 239 g/mol. The lowest BCUT2D eigenvalue weighted by molar-refractivity contribution is 0.186. The lowest BCUT2D eigenvalue weighted by Crippen LogP contribution is -2.38. The van der Waals surface area contributed by atoms with Gasteiger partial charge < -0.3 is 5.11 Å². The van der Waals surface area contributed by atoms with E-state index in [0.717, 1.165) is 5.56 Å². The van der Waals surface area contributed by atoms with Gasteiger partial charge in [-0.1, -0.05) is 23.7 Å². The Hall–Kier alpha value is -1.70. The third-order valence-corrected chi connectivity index (χ3v) is 2.20. The number of hydrazine groups is 1. The van der Waals surface area contributed by atoms with Gasteiger partial charge in [-0.15, -0.1) is 12.3 Å². The summed E-state index contributed by atoms with van der Waals surface area (Å²) >= 11 is 5.75. The van der Waals surface area contributed by atoms with Crippen molar-refractivity contribution in [3.05, 3.63) is 34.9 Å².